The molecule has 1 saturated carbocycles. The van der Waals surface area contributed by atoms with Crippen molar-refractivity contribution in [2.24, 2.45) is 7.05 Å². The number of aryl methyl sites for hydroxylation is 1. The Kier molecular flexibility index (Phi) is 3.62. The maximum absolute atomic E-state index is 12.3. The summed E-state index contributed by atoms with van der Waals surface area (Å²) in [5, 5.41) is 10.3. The molecule has 0 saturated heterocycles. The minimum Gasteiger partial charge on any atom is -0.346 e. The molecular formula is C12H15ClN6O2. The molecule has 1 N–H and O–H groups in total. The van der Waals surface area contributed by atoms with Crippen LogP contribution in [-0.2, 0) is 7.05 Å². The van der Waals surface area contributed by atoms with E-state index in [0.717, 1.165) is 30.4 Å². The van der Waals surface area contributed by atoms with E-state index in [2.05, 4.69) is 20.6 Å². The third-order valence-corrected chi connectivity index (χ3v) is 4.23. The Bertz CT molecular complexity index is 739. The van der Waals surface area contributed by atoms with Gasteiger partial charge in [-0.25, -0.2) is 14.2 Å². The van der Waals surface area contributed by atoms with Gasteiger partial charge in [0.15, 0.2) is 11.3 Å². The number of hydrogen-bond donors (Lipinski definition) is 1. The number of nitrogens with zero attached hydrogens (tertiary/aromatic N) is 5. The van der Waals surface area contributed by atoms with Gasteiger partial charge in [-0.15, -0.1) is 16.7 Å². The molecule has 1 fully saturated rings. The number of rotatable bonds is 2. The average molecular weight is 311 g/mol. The number of amides is 1. The lowest BCUT2D eigenvalue weighted by atomic mass is 9.95. The number of carbonyl (C=O) groups is 1. The van der Waals surface area contributed by atoms with Crippen LogP contribution < -0.4 is 11.0 Å². The highest BCUT2D eigenvalue weighted by Crippen LogP contribution is 2.23. The molecule has 0 radical (unpaired) electrons. The van der Waals surface area contributed by atoms with Crippen molar-refractivity contribution in [3.8, 4) is 0 Å². The molecule has 21 heavy (non-hydrogen) atoms. The Balaban J connectivity index is 1.88. The molecule has 3 rings (SSSR count). The highest BCUT2D eigenvalue weighted by Gasteiger charge is 2.27. The molecule has 2 aromatic rings. The van der Waals surface area contributed by atoms with Crippen molar-refractivity contribution in [2.45, 2.75) is 37.1 Å². The minimum atomic E-state index is -0.403. The summed E-state index contributed by atoms with van der Waals surface area (Å²) in [6.45, 7) is 0. The quantitative estimate of drug-likeness (QED) is 0.794. The first kappa shape index (κ1) is 14.0. The fourth-order valence-corrected chi connectivity index (χ4v) is 2.87. The number of imidazole rings is 1. The molecule has 0 spiro atoms. The summed E-state index contributed by atoms with van der Waals surface area (Å²) in [7, 11) is 1.48. The van der Waals surface area contributed by atoms with Gasteiger partial charge in [0.1, 0.15) is 6.33 Å². The van der Waals surface area contributed by atoms with E-state index in [1.165, 1.54) is 17.8 Å². The van der Waals surface area contributed by atoms with Crippen LogP contribution in [0.4, 0.5) is 0 Å². The Labute approximate surface area is 125 Å². The molecule has 0 aromatic carbocycles. The first-order valence-corrected chi connectivity index (χ1v) is 7.23. The zero-order valence-electron chi connectivity index (χ0n) is 11.5. The summed E-state index contributed by atoms with van der Waals surface area (Å²) < 4.78 is 2.27. The Morgan fingerprint density at radius 2 is 2.19 bits per heavy atom. The molecule has 2 heterocycles. The Hall–Kier alpha value is -1.96. The van der Waals surface area contributed by atoms with Crippen LogP contribution in [0.3, 0.4) is 0 Å². The predicted octanol–water partition coefficient (Wildman–Crippen LogP) is 0.103. The summed E-state index contributed by atoms with van der Waals surface area (Å²) in [5.41, 5.74) is -0.161. The van der Waals surface area contributed by atoms with Gasteiger partial charge in [-0.1, -0.05) is 18.1 Å². The molecular weight excluding hydrogens is 296 g/mol. The van der Waals surface area contributed by atoms with Crippen molar-refractivity contribution >= 4 is 23.2 Å². The fraction of sp³-hybridized carbons (Fsp3) is 0.583. The van der Waals surface area contributed by atoms with Crippen molar-refractivity contribution in [3.63, 3.8) is 0 Å². The van der Waals surface area contributed by atoms with Crippen molar-refractivity contribution in [3.05, 3.63) is 22.5 Å². The average Bonchev–Trinajstić information content (AvgIpc) is 2.90. The van der Waals surface area contributed by atoms with Crippen molar-refractivity contribution < 1.29 is 4.79 Å². The predicted molar refractivity (Wildman–Crippen MR) is 75.4 cm³/mol. The summed E-state index contributed by atoms with van der Waals surface area (Å²) in [4.78, 5) is 28.1. The van der Waals surface area contributed by atoms with Gasteiger partial charge in [0.05, 0.1) is 5.38 Å². The molecule has 0 bridgehead atoms. The van der Waals surface area contributed by atoms with E-state index in [-0.39, 0.29) is 28.7 Å². The minimum absolute atomic E-state index is 0.0736. The van der Waals surface area contributed by atoms with E-state index in [0.29, 0.717) is 0 Å². The smallest absolute Gasteiger partial charge is 0.346 e. The molecule has 2 unspecified atom stereocenters. The Morgan fingerprint density at radius 1 is 1.43 bits per heavy atom. The van der Waals surface area contributed by atoms with Crippen LogP contribution in [0.5, 0.6) is 0 Å². The van der Waals surface area contributed by atoms with Gasteiger partial charge in [0, 0.05) is 13.1 Å². The lowest BCUT2D eigenvalue weighted by Crippen LogP contribution is -2.43. The van der Waals surface area contributed by atoms with Gasteiger partial charge in [-0.2, -0.15) is 4.68 Å². The Morgan fingerprint density at radius 3 is 2.95 bits per heavy atom. The molecule has 8 nitrogen and oxygen atoms in total. The number of fused-ring (bicyclic) bond motifs is 1. The first-order chi connectivity index (χ1) is 10.1. The summed E-state index contributed by atoms with van der Waals surface area (Å²) >= 11 is 6.23. The molecule has 0 aliphatic heterocycles. The van der Waals surface area contributed by atoms with Crippen LogP contribution in [0, 0.1) is 0 Å². The van der Waals surface area contributed by atoms with E-state index in [4.69, 9.17) is 11.6 Å². The number of nitrogens with one attached hydrogen (secondary N) is 1. The number of hydrogen-bond acceptors (Lipinski definition) is 5. The van der Waals surface area contributed by atoms with E-state index in [1.807, 2.05) is 0 Å². The molecule has 1 aliphatic carbocycles. The topological polar surface area (TPSA) is 94.2 Å². The number of halogens is 1. The monoisotopic (exact) mass is 310 g/mol. The van der Waals surface area contributed by atoms with E-state index in [9.17, 15) is 9.59 Å². The summed E-state index contributed by atoms with van der Waals surface area (Å²) in [6.07, 6.45) is 5.13. The lowest BCUT2D eigenvalue weighted by molar-refractivity contribution is 0.0925. The van der Waals surface area contributed by atoms with Crippen LogP contribution in [0.25, 0.3) is 5.65 Å². The van der Waals surface area contributed by atoms with Crippen molar-refractivity contribution in [1.82, 2.24) is 29.7 Å². The maximum atomic E-state index is 12.3. The second-order valence-electron chi connectivity index (χ2n) is 5.16. The highest BCUT2D eigenvalue weighted by molar-refractivity contribution is 6.21. The van der Waals surface area contributed by atoms with Gasteiger partial charge >= 0.3 is 5.69 Å². The standard InChI is InChI=1S/C12H15ClN6O2/c1-18-12(21)19-6-14-9(10(19)16-17-18)11(20)15-8-5-3-2-4-7(8)13/h6-8H,2-5H2,1H3,(H,15,20). The van der Waals surface area contributed by atoms with E-state index in [1.54, 1.807) is 0 Å². The normalized spacial score (nSPS) is 22.4. The van der Waals surface area contributed by atoms with Crippen molar-refractivity contribution in [2.75, 3.05) is 0 Å². The molecule has 1 amide bonds. The van der Waals surface area contributed by atoms with E-state index >= 15 is 0 Å². The van der Waals surface area contributed by atoms with Crippen LogP contribution in [0.1, 0.15) is 36.2 Å². The van der Waals surface area contributed by atoms with Crippen LogP contribution in [0.15, 0.2) is 11.1 Å². The summed E-state index contributed by atoms with van der Waals surface area (Å²) in [6, 6.07) is -0.0795. The number of aromatic nitrogens is 5. The lowest BCUT2D eigenvalue weighted by Gasteiger charge is -2.27. The van der Waals surface area contributed by atoms with Crippen molar-refractivity contribution in [1.29, 1.82) is 0 Å². The maximum Gasteiger partial charge on any atom is 0.352 e. The van der Waals surface area contributed by atoms with E-state index < -0.39 is 5.69 Å². The van der Waals surface area contributed by atoms with Gasteiger partial charge in [0.25, 0.3) is 5.91 Å². The third-order valence-electron chi connectivity index (χ3n) is 3.71. The van der Waals surface area contributed by atoms with Gasteiger partial charge in [0.2, 0.25) is 0 Å². The molecule has 2 aromatic heterocycles. The second-order valence-corrected chi connectivity index (χ2v) is 5.72. The molecule has 2 atom stereocenters. The second kappa shape index (κ2) is 5.44. The number of alkyl halides is 1. The van der Waals surface area contributed by atoms with Crippen LogP contribution >= 0.6 is 11.6 Å². The van der Waals surface area contributed by atoms with Gasteiger partial charge in [-0.3, -0.25) is 4.79 Å². The molecule has 112 valence electrons. The summed E-state index contributed by atoms with van der Waals surface area (Å²) in [5.74, 6) is -0.377. The van der Waals surface area contributed by atoms with Gasteiger partial charge < -0.3 is 5.32 Å². The highest BCUT2D eigenvalue weighted by atomic mass is 35.5. The molecule has 9 heteroatoms. The van der Waals surface area contributed by atoms with Crippen LogP contribution in [-0.4, -0.2) is 41.7 Å². The SMILES string of the molecule is Cn1nnc2c(C(=O)NC3CCCCC3Cl)ncn2c1=O. The largest absolute Gasteiger partial charge is 0.352 e. The first-order valence-electron chi connectivity index (χ1n) is 6.80. The third kappa shape index (κ3) is 2.51. The van der Waals surface area contributed by atoms with Crippen LogP contribution in [0.2, 0.25) is 0 Å². The van der Waals surface area contributed by atoms with Gasteiger partial charge in [-0.05, 0) is 12.8 Å². The zero-order chi connectivity index (χ0) is 15.0. The zero-order valence-corrected chi connectivity index (χ0v) is 12.2. The molecule has 1 aliphatic rings. The fourth-order valence-electron chi connectivity index (χ4n) is 2.53. The number of carbonyl (C=O) groups excluding carboxylic acids is 1.